The summed E-state index contributed by atoms with van der Waals surface area (Å²) >= 11 is 2.89. The van der Waals surface area contributed by atoms with E-state index in [1.807, 2.05) is 0 Å². The summed E-state index contributed by atoms with van der Waals surface area (Å²) in [7, 11) is 0. The van der Waals surface area contributed by atoms with E-state index in [9.17, 15) is 13.6 Å². The molecule has 1 heterocycles. The highest BCUT2D eigenvalue weighted by Gasteiger charge is 2.23. The van der Waals surface area contributed by atoms with Gasteiger partial charge >= 0.3 is 5.97 Å². The van der Waals surface area contributed by atoms with Gasteiger partial charge in [-0.15, -0.1) is 0 Å². The maximum absolute atomic E-state index is 12.9. The smallest absolute Gasteiger partial charge is 0.310 e. The van der Waals surface area contributed by atoms with Gasteiger partial charge in [0.2, 0.25) is 0 Å². The number of alkyl halides is 2. The van der Waals surface area contributed by atoms with E-state index in [2.05, 4.69) is 20.9 Å². The summed E-state index contributed by atoms with van der Waals surface area (Å²) in [5, 5.41) is 8.86. The summed E-state index contributed by atoms with van der Waals surface area (Å²) in [5.41, 5.74) is -0.545. The zero-order valence-electron chi connectivity index (χ0n) is 9.41. The van der Waals surface area contributed by atoms with E-state index in [1.54, 1.807) is 13.0 Å². The van der Waals surface area contributed by atoms with Crippen LogP contribution in [0.2, 0.25) is 0 Å². The van der Waals surface area contributed by atoms with E-state index in [0.717, 1.165) is 6.20 Å². The van der Waals surface area contributed by atoms with Crippen molar-refractivity contribution in [2.24, 2.45) is 0 Å². The standard InChI is InChI=1S/C11H9BrF2N2O2/c1-2-18-8(17)3-7-6(4-15)5-16-10(12)9(7)11(13)14/h5,11H,2-3H2,1H3. The topological polar surface area (TPSA) is 63.0 Å². The third kappa shape index (κ3) is 3.23. The summed E-state index contributed by atoms with van der Waals surface area (Å²) in [4.78, 5) is 15.0. The van der Waals surface area contributed by atoms with Gasteiger partial charge in [0, 0.05) is 6.20 Å². The van der Waals surface area contributed by atoms with Gasteiger partial charge in [-0.25, -0.2) is 13.8 Å². The van der Waals surface area contributed by atoms with Gasteiger partial charge in [0.1, 0.15) is 10.7 Å². The second-order valence-corrected chi connectivity index (χ2v) is 4.00. The number of nitriles is 1. The van der Waals surface area contributed by atoms with Crippen LogP contribution in [0.5, 0.6) is 0 Å². The Morgan fingerprint density at radius 1 is 1.67 bits per heavy atom. The van der Waals surface area contributed by atoms with E-state index in [0.29, 0.717) is 0 Å². The van der Waals surface area contributed by atoms with Crippen molar-refractivity contribution in [2.75, 3.05) is 6.61 Å². The average molecular weight is 319 g/mol. The van der Waals surface area contributed by atoms with E-state index in [1.165, 1.54) is 0 Å². The first-order valence-electron chi connectivity index (χ1n) is 5.02. The Hall–Kier alpha value is -1.55. The number of carbonyl (C=O) groups is 1. The highest BCUT2D eigenvalue weighted by atomic mass is 79.9. The van der Waals surface area contributed by atoms with Gasteiger partial charge in [-0.05, 0) is 28.4 Å². The second kappa shape index (κ2) is 6.40. The lowest BCUT2D eigenvalue weighted by Gasteiger charge is -2.11. The molecule has 0 aliphatic heterocycles. The molecule has 96 valence electrons. The number of hydrogen-bond acceptors (Lipinski definition) is 4. The maximum Gasteiger partial charge on any atom is 0.310 e. The monoisotopic (exact) mass is 318 g/mol. The molecule has 0 spiro atoms. The van der Waals surface area contributed by atoms with Gasteiger partial charge in [0.25, 0.3) is 6.43 Å². The number of esters is 1. The normalized spacial score (nSPS) is 10.2. The number of carbonyl (C=O) groups excluding carboxylic acids is 1. The van der Waals surface area contributed by atoms with Crippen LogP contribution in [0.1, 0.15) is 30.0 Å². The highest BCUT2D eigenvalue weighted by Crippen LogP contribution is 2.31. The van der Waals surface area contributed by atoms with Gasteiger partial charge in [-0.1, -0.05) is 0 Å². The Morgan fingerprint density at radius 2 is 2.33 bits per heavy atom. The molecule has 1 rings (SSSR count). The highest BCUT2D eigenvalue weighted by molar-refractivity contribution is 9.10. The molecule has 0 radical (unpaired) electrons. The molecule has 0 fully saturated rings. The molecule has 7 heteroatoms. The third-order valence-electron chi connectivity index (χ3n) is 2.14. The summed E-state index contributed by atoms with van der Waals surface area (Å²) in [6.45, 7) is 1.76. The lowest BCUT2D eigenvalue weighted by Crippen LogP contribution is -2.12. The average Bonchev–Trinajstić information content (AvgIpc) is 2.29. The second-order valence-electron chi connectivity index (χ2n) is 3.25. The molecule has 0 aliphatic carbocycles. The molecular formula is C11H9BrF2N2O2. The van der Waals surface area contributed by atoms with Crippen LogP contribution in [-0.4, -0.2) is 17.6 Å². The quantitative estimate of drug-likeness (QED) is 0.632. The molecule has 18 heavy (non-hydrogen) atoms. The molecule has 0 unspecified atom stereocenters. The minimum absolute atomic E-state index is 0.0483. The Morgan fingerprint density at radius 3 is 2.83 bits per heavy atom. The molecule has 1 aromatic rings. The van der Waals surface area contributed by atoms with Gasteiger partial charge in [0.15, 0.2) is 0 Å². The van der Waals surface area contributed by atoms with Crippen LogP contribution < -0.4 is 0 Å². The van der Waals surface area contributed by atoms with E-state index < -0.39 is 18.0 Å². The van der Waals surface area contributed by atoms with Crippen LogP contribution in [0.25, 0.3) is 0 Å². The fourth-order valence-corrected chi connectivity index (χ4v) is 1.92. The molecular weight excluding hydrogens is 310 g/mol. The Balaban J connectivity index is 3.25. The van der Waals surface area contributed by atoms with Crippen molar-refractivity contribution in [3.05, 3.63) is 27.5 Å². The number of ether oxygens (including phenoxy) is 1. The largest absolute Gasteiger partial charge is 0.466 e. The fourth-order valence-electron chi connectivity index (χ4n) is 1.40. The van der Waals surface area contributed by atoms with Crippen LogP contribution in [0.15, 0.2) is 10.8 Å². The van der Waals surface area contributed by atoms with Gasteiger partial charge < -0.3 is 4.74 Å². The predicted octanol–water partition coefficient (Wildman–Crippen LogP) is 2.76. The van der Waals surface area contributed by atoms with Crippen LogP contribution >= 0.6 is 15.9 Å². The Bertz CT molecular complexity index is 501. The van der Waals surface area contributed by atoms with Crippen LogP contribution in [-0.2, 0) is 16.0 Å². The Kier molecular flexibility index (Phi) is 5.16. The molecule has 0 N–H and O–H groups in total. The molecule has 4 nitrogen and oxygen atoms in total. The molecule has 0 aliphatic rings. The Labute approximate surface area is 111 Å². The molecule has 0 saturated heterocycles. The molecule has 0 saturated carbocycles. The first-order valence-corrected chi connectivity index (χ1v) is 5.81. The van der Waals surface area contributed by atoms with Crippen molar-refractivity contribution < 1.29 is 18.3 Å². The number of hydrogen-bond donors (Lipinski definition) is 0. The molecule has 0 atom stereocenters. The first kappa shape index (κ1) is 14.5. The van der Waals surface area contributed by atoms with Crippen LogP contribution in [0.4, 0.5) is 8.78 Å². The minimum Gasteiger partial charge on any atom is -0.466 e. The van der Waals surface area contributed by atoms with Crippen molar-refractivity contribution >= 4 is 21.9 Å². The zero-order chi connectivity index (χ0) is 13.7. The van der Waals surface area contributed by atoms with E-state index in [-0.39, 0.29) is 28.8 Å². The van der Waals surface area contributed by atoms with Crippen LogP contribution in [0, 0.1) is 11.3 Å². The maximum atomic E-state index is 12.9. The number of nitrogens with zero attached hydrogens (tertiary/aromatic N) is 2. The van der Waals surface area contributed by atoms with Crippen molar-refractivity contribution in [1.29, 1.82) is 5.26 Å². The molecule has 0 aromatic carbocycles. The third-order valence-corrected chi connectivity index (χ3v) is 2.78. The summed E-state index contributed by atoms with van der Waals surface area (Å²) in [6.07, 6.45) is -2.06. The minimum atomic E-state index is -2.83. The van der Waals surface area contributed by atoms with Crippen molar-refractivity contribution in [1.82, 2.24) is 4.98 Å². The van der Waals surface area contributed by atoms with E-state index in [4.69, 9.17) is 10.00 Å². The summed E-state index contributed by atoms with van der Waals surface area (Å²) in [6, 6.07) is 1.74. The van der Waals surface area contributed by atoms with Gasteiger partial charge in [0.05, 0.1) is 24.2 Å². The molecule has 0 bridgehead atoms. The number of halogens is 3. The van der Waals surface area contributed by atoms with E-state index >= 15 is 0 Å². The molecule has 0 amide bonds. The fraction of sp³-hybridized carbons (Fsp3) is 0.364. The predicted molar refractivity (Wildman–Crippen MR) is 61.9 cm³/mol. The summed E-state index contributed by atoms with van der Waals surface area (Å²) < 4.78 is 30.4. The number of pyridine rings is 1. The van der Waals surface area contributed by atoms with Crippen molar-refractivity contribution in [2.45, 2.75) is 19.8 Å². The first-order chi connectivity index (χ1) is 8.51. The summed E-state index contributed by atoms with van der Waals surface area (Å²) in [5.74, 6) is -0.658. The lowest BCUT2D eigenvalue weighted by atomic mass is 10.0. The van der Waals surface area contributed by atoms with Crippen molar-refractivity contribution in [3.8, 4) is 6.07 Å². The number of aromatic nitrogens is 1. The van der Waals surface area contributed by atoms with Gasteiger partial charge in [-0.2, -0.15) is 5.26 Å². The lowest BCUT2D eigenvalue weighted by molar-refractivity contribution is -0.142. The van der Waals surface area contributed by atoms with Gasteiger partial charge in [-0.3, -0.25) is 4.79 Å². The van der Waals surface area contributed by atoms with Crippen LogP contribution in [0.3, 0.4) is 0 Å². The molecule has 1 aromatic heterocycles. The SMILES string of the molecule is CCOC(=O)Cc1c(C#N)cnc(Br)c1C(F)F. The number of rotatable bonds is 4. The zero-order valence-corrected chi connectivity index (χ0v) is 11.0. The van der Waals surface area contributed by atoms with Crippen molar-refractivity contribution in [3.63, 3.8) is 0 Å².